The molecule has 0 bridgehead atoms. The second-order valence-electron chi connectivity index (χ2n) is 7.85. The minimum atomic E-state index is -0.395. The third-order valence-electron chi connectivity index (χ3n) is 5.72. The van der Waals surface area contributed by atoms with Crippen molar-refractivity contribution in [2.45, 2.75) is 33.1 Å². The zero-order chi connectivity index (χ0) is 22.1. The third kappa shape index (κ3) is 4.50. The first-order valence-electron chi connectivity index (χ1n) is 10.3. The number of aromatic nitrogens is 1. The van der Waals surface area contributed by atoms with E-state index in [2.05, 4.69) is 20.5 Å². The van der Waals surface area contributed by atoms with Crippen LogP contribution in [0.1, 0.15) is 36.2 Å². The Morgan fingerprint density at radius 2 is 1.77 bits per heavy atom. The summed E-state index contributed by atoms with van der Waals surface area (Å²) in [4.78, 5) is 41.1. The van der Waals surface area contributed by atoms with Gasteiger partial charge in [-0.1, -0.05) is 15.9 Å². The molecule has 2 saturated heterocycles. The molecule has 2 fully saturated rings. The lowest BCUT2D eigenvalue weighted by molar-refractivity contribution is -0.136. The molecular weight excluding hydrogens is 478 g/mol. The highest BCUT2D eigenvalue weighted by molar-refractivity contribution is 9.10. The summed E-state index contributed by atoms with van der Waals surface area (Å²) in [6.45, 7) is 5.22. The Morgan fingerprint density at radius 3 is 2.45 bits per heavy atom. The van der Waals surface area contributed by atoms with Crippen LogP contribution >= 0.6 is 27.7 Å². The average molecular weight is 502 g/mol. The fourth-order valence-corrected chi connectivity index (χ4v) is 5.17. The number of hydrogen-bond acceptors (Lipinski definition) is 4. The normalized spacial score (nSPS) is 18.4. The Kier molecular flexibility index (Phi) is 6.39. The topological polar surface area (TPSA) is 62.6 Å². The Labute approximate surface area is 194 Å². The van der Waals surface area contributed by atoms with Crippen LogP contribution in [-0.2, 0) is 9.59 Å². The molecule has 31 heavy (non-hydrogen) atoms. The van der Waals surface area contributed by atoms with Gasteiger partial charge in [0.2, 0.25) is 5.91 Å². The maximum Gasteiger partial charge on any atom is 0.294 e. The summed E-state index contributed by atoms with van der Waals surface area (Å²) in [6, 6.07) is 10.0. The molecule has 2 aliphatic rings. The molecule has 0 spiro atoms. The summed E-state index contributed by atoms with van der Waals surface area (Å²) in [5.74, 6) is -0.550. The van der Waals surface area contributed by atoms with E-state index in [0.29, 0.717) is 18.0 Å². The smallest absolute Gasteiger partial charge is 0.294 e. The van der Waals surface area contributed by atoms with E-state index in [9.17, 15) is 14.4 Å². The number of imide groups is 1. The van der Waals surface area contributed by atoms with Crippen molar-refractivity contribution >= 4 is 50.8 Å². The van der Waals surface area contributed by atoms with Crippen LogP contribution in [0.2, 0.25) is 0 Å². The number of rotatable bonds is 4. The summed E-state index contributed by atoms with van der Waals surface area (Å²) in [5.41, 5.74) is 3.92. The summed E-state index contributed by atoms with van der Waals surface area (Å²) < 4.78 is 3.12. The van der Waals surface area contributed by atoms with Gasteiger partial charge in [-0.05, 0) is 86.8 Å². The molecule has 2 aromatic rings. The maximum atomic E-state index is 12.9. The monoisotopic (exact) mass is 501 g/mol. The SMILES string of the molecule is Cc1cc(/C=C2\SC(=O)N(CC(=O)N3CCCCC3)C2=O)c(C)n1-c1ccc(Br)cc1. The van der Waals surface area contributed by atoms with Gasteiger partial charge in [0.15, 0.2) is 0 Å². The van der Waals surface area contributed by atoms with Crippen LogP contribution in [0.3, 0.4) is 0 Å². The molecular formula is C23H24BrN3O3S. The molecule has 0 N–H and O–H groups in total. The molecule has 0 saturated carbocycles. The fourth-order valence-electron chi connectivity index (χ4n) is 4.08. The molecule has 2 aliphatic heterocycles. The second-order valence-corrected chi connectivity index (χ2v) is 9.76. The highest BCUT2D eigenvalue weighted by Gasteiger charge is 2.37. The number of nitrogens with zero attached hydrogens (tertiary/aromatic N) is 3. The Hall–Kier alpha value is -2.32. The maximum absolute atomic E-state index is 12.9. The van der Waals surface area contributed by atoms with E-state index in [-0.39, 0.29) is 17.7 Å². The fraction of sp³-hybridized carbons (Fsp3) is 0.348. The van der Waals surface area contributed by atoms with E-state index in [4.69, 9.17) is 0 Å². The van der Waals surface area contributed by atoms with Crippen molar-refractivity contribution in [3.63, 3.8) is 0 Å². The van der Waals surface area contributed by atoms with Crippen LogP contribution in [0.15, 0.2) is 39.7 Å². The molecule has 3 amide bonds. The number of piperidine rings is 1. The largest absolute Gasteiger partial charge is 0.341 e. The van der Waals surface area contributed by atoms with Crippen molar-refractivity contribution in [3.05, 3.63) is 56.7 Å². The summed E-state index contributed by atoms with van der Waals surface area (Å²) in [5, 5.41) is -0.386. The Balaban J connectivity index is 1.55. The summed E-state index contributed by atoms with van der Waals surface area (Å²) in [6.07, 6.45) is 4.82. The highest BCUT2D eigenvalue weighted by Crippen LogP contribution is 2.34. The van der Waals surface area contributed by atoms with E-state index in [1.807, 2.05) is 44.2 Å². The van der Waals surface area contributed by atoms with Crippen molar-refractivity contribution in [2.75, 3.05) is 19.6 Å². The minimum absolute atomic E-state index is 0.156. The zero-order valence-corrected chi connectivity index (χ0v) is 20.0. The first-order chi connectivity index (χ1) is 14.8. The van der Waals surface area contributed by atoms with Gasteiger partial charge in [0.05, 0.1) is 4.91 Å². The zero-order valence-electron chi connectivity index (χ0n) is 17.6. The summed E-state index contributed by atoms with van der Waals surface area (Å²) >= 11 is 4.36. The van der Waals surface area contributed by atoms with E-state index >= 15 is 0 Å². The molecule has 6 nitrogen and oxygen atoms in total. The van der Waals surface area contributed by atoms with Gasteiger partial charge in [-0.15, -0.1) is 0 Å². The number of carbonyl (C=O) groups is 3. The number of thioether (sulfide) groups is 1. The number of carbonyl (C=O) groups excluding carboxylic acids is 3. The van der Waals surface area contributed by atoms with Gasteiger partial charge in [0, 0.05) is 34.6 Å². The number of halogens is 1. The lowest BCUT2D eigenvalue weighted by Crippen LogP contribution is -2.44. The second kappa shape index (κ2) is 9.04. The lowest BCUT2D eigenvalue weighted by Gasteiger charge is -2.27. The molecule has 3 heterocycles. The Morgan fingerprint density at radius 1 is 1.10 bits per heavy atom. The van der Waals surface area contributed by atoms with E-state index in [0.717, 1.165) is 63.0 Å². The molecule has 1 aromatic heterocycles. The van der Waals surface area contributed by atoms with Crippen molar-refractivity contribution in [1.29, 1.82) is 0 Å². The number of likely N-dealkylation sites (tertiary alicyclic amines) is 1. The van der Waals surface area contributed by atoms with Crippen molar-refractivity contribution in [3.8, 4) is 5.69 Å². The third-order valence-corrected chi connectivity index (χ3v) is 7.15. The van der Waals surface area contributed by atoms with E-state index in [1.54, 1.807) is 11.0 Å². The first-order valence-corrected chi connectivity index (χ1v) is 11.9. The van der Waals surface area contributed by atoms with Gasteiger partial charge in [-0.2, -0.15) is 0 Å². The van der Waals surface area contributed by atoms with Gasteiger partial charge in [0.25, 0.3) is 11.1 Å². The molecule has 0 unspecified atom stereocenters. The standard InChI is InChI=1S/C23H24BrN3O3S/c1-15-12-17(16(2)27(15)19-8-6-18(24)7-9-19)13-20-22(29)26(23(30)31-20)14-21(28)25-10-4-3-5-11-25/h6-9,12-13H,3-5,10-11,14H2,1-2H3/b20-13-. The summed E-state index contributed by atoms with van der Waals surface area (Å²) in [7, 11) is 0. The van der Waals surface area contributed by atoms with Crippen LogP contribution in [0.4, 0.5) is 4.79 Å². The van der Waals surface area contributed by atoms with Crippen molar-refractivity contribution in [1.82, 2.24) is 14.4 Å². The first kappa shape index (κ1) is 21.9. The van der Waals surface area contributed by atoms with Crippen molar-refractivity contribution < 1.29 is 14.4 Å². The average Bonchev–Trinajstić information content (AvgIpc) is 3.19. The highest BCUT2D eigenvalue weighted by atomic mass is 79.9. The predicted octanol–water partition coefficient (Wildman–Crippen LogP) is 4.91. The molecule has 162 valence electrons. The van der Waals surface area contributed by atoms with Gasteiger partial charge in [0.1, 0.15) is 6.54 Å². The van der Waals surface area contributed by atoms with Gasteiger partial charge < -0.3 is 9.47 Å². The van der Waals surface area contributed by atoms with Crippen LogP contribution in [-0.4, -0.2) is 51.1 Å². The molecule has 0 atom stereocenters. The molecule has 0 radical (unpaired) electrons. The minimum Gasteiger partial charge on any atom is -0.341 e. The van der Waals surface area contributed by atoms with Gasteiger partial charge in [-0.3, -0.25) is 19.3 Å². The van der Waals surface area contributed by atoms with Crippen LogP contribution in [0, 0.1) is 13.8 Å². The predicted molar refractivity (Wildman–Crippen MR) is 126 cm³/mol. The molecule has 0 aliphatic carbocycles. The molecule has 4 rings (SSSR count). The van der Waals surface area contributed by atoms with Crippen LogP contribution in [0.5, 0.6) is 0 Å². The lowest BCUT2D eigenvalue weighted by atomic mass is 10.1. The quantitative estimate of drug-likeness (QED) is 0.558. The van der Waals surface area contributed by atoms with E-state index < -0.39 is 5.91 Å². The Bertz CT molecular complexity index is 1070. The number of aryl methyl sites for hydroxylation is 1. The number of amides is 3. The number of hydrogen-bond donors (Lipinski definition) is 0. The van der Waals surface area contributed by atoms with Gasteiger partial charge in [-0.25, -0.2) is 0 Å². The molecule has 1 aromatic carbocycles. The van der Waals surface area contributed by atoms with Gasteiger partial charge >= 0.3 is 0 Å². The van der Waals surface area contributed by atoms with Crippen LogP contribution < -0.4 is 0 Å². The van der Waals surface area contributed by atoms with E-state index in [1.165, 1.54) is 0 Å². The van der Waals surface area contributed by atoms with Crippen LogP contribution in [0.25, 0.3) is 11.8 Å². The molecule has 8 heteroatoms. The number of benzene rings is 1. The van der Waals surface area contributed by atoms with Crippen molar-refractivity contribution in [2.24, 2.45) is 0 Å².